The van der Waals surface area contributed by atoms with Crippen molar-refractivity contribution < 1.29 is 0 Å². The summed E-state index contributed by atoms with van der Waals surface area (Å²) in [6, 6.07) is 53.0. The Morgan fingerprint density at radius 1 is 0.500 bits per heavy atom. The number of hydrogen-bond donors (Lipinski definition) is 0. The van der Waals surface area contributed by atoms with Gasteiger partial charge < -0.3 is 14.7 Å². The maximum absolute atomic E-state index is 2.63. The zero-order valence-electron chi connectivity index (χ0n) is 36.7. The summed E-state index contributed by atoms with van der Waals surface area (Å²) in [4.78, 5) is 9.23. The van der Waals surface area contributed by atoms with Gasteiger partial charge in [0.25, 0.3) is 6.71 Å². The van der Waals surface area contributed by atoms with E-state index in [1.54, 1.807) is 10.4 Å². The van der Waals surface area contributed by atoms with Gasteiger partial charge in [-0.2, -0.15) is 11.3 Å². The van der Waals surface area contributed by atoms with Gasteiger partial charge in [-0.1, -0.05) is 129 Å². The molecule has 60 heavy (non-hydrogen) atoms. The Labute approximate surface area is 362 Å². The molecule has 7 aromatic rings. The first-order valence-corrected chi connectivity index (χ1v) is 22.7. The van der Waals surface area contributed by atoms with Gasteiger partial charge in [0.1, 0.15) is 0 Å². The molecule has 0 spiro atoms. The molecule has 0 fully saturated rings. The van der Waals surface area contributed by atoms with Crippen LogP contribution in [-0.2, 0) is 29.1 Å². The molecule has 3 heterocycles. The molecule has 3 nitrogen and oxygen atoms in total. The SMILES string of the molecule is CC(C)(C)c1ccc(N(c2ccc(C(C)(C)C)cc2)c2ccc3c(c2)N(c2ccccc2)c2cc(C(C)(C)C)cc4c2B3c2sc3c(c2N4c2ccccc2)CCC3)cc1. The molecule has 3 aliphatic rings. The zero-order valence-corrected chi connectivity index (χ0v) is 37.5. The second-order valence-corrected chi connectivity index (χ2v) is 21.3. The molecule has 1 aliphatic carbocycles. The van der Waals surface area contributed by atoms with Gasteiger partial charge in [-0.3, -0.25) is 0 Å². The van der Waals surface area contributed by atoms with Gasteiger partial charge in [0.2, 0.25) is 0 Å². The van der Waals surface area contributed by atoms with E-state index in [1.807, 2.05) is 0 Å². The Morgan fingerprint density at radius 2 is 1.00 bits per heavy atom. The zero-order chi connectivity index (χ0) is 41.7. The molecule has 0 bridgehead atoms. The molecule has 0 atom stereocenters. The highest BCUT2D eigenvalue weighted by Crippen LogP contribution is 2.50. The number of rotatable bonds is 5. The first-order valence-electron chi connectivity index (χ1n) is 21.9. The Kier molecular flexibility index (Phi) is 9.04. The highest BCUT2D eigenvalue weighted by molar-refractivity contribution is 7.29. The van der Waals surface area contributed by atoms with Gasteiger partial charge in [-0.15, -0.1) is 0 Å². The summed E-state index contributed by atoms with van der Waals surface area (Å²) >= 11 is 2.07. The van der Waals surface area contributed by atoms with Crippen LogP contribution in [0.25, 0.3) is 0 Å². The first kappa shape index (κ1) is 38.7. The molecule has 0 unspecified atom stereocenters. The van der Waals surface area contributed by atoms with Crippen molar-refractivity contribution in [2.24, 2.45) is 0 Å². The Hall–Kier alpha value is -5.52. The van der Waals surface area contributed by atoms with Crippen molar-refractivity contribution in [1.82, 2.24) is 0 Å². The standard InChI is InChI=1S/C55H56BN3S/c1-53(2,3)36-23-27-41(28-24-36)57(42-29-25-37(26-30-42)54(4,5)6)43-31-32-45-46(35-43)58(39-17-12-10-13-18-39)47-33-38(55(7,8)9)34-48-50(47)56(45)52-51(44-21-16-22-49(44)60-52)59(48)40-19-14-11-15-20-40/h10-15,17-20,23-35H,16,21-22H2,1-9H3. The van der Waals surface area contributed by atoms with E-state index < -0.39 is 0 Å². The molecule has 0 N–H and O–H groups in total. The summed E-state index contributed by atoms with van der Waals surface area (Å²) in [6.45, 7) is 20.9. The quantitative estimate of drug-likeness (QED) is 0.161. The van der Waals surface area contributed by atoms with Crippen molar-refractivity contribution in [2.75, 3.05) is 14.7 Å². The van der Waals surface area contributed by atoms with Crippen molar-refractivity contribution in [1.29, 1.82) is 0 Å². The molecule has 2 aliphatic heterocycles. The lowest BCUT2D eigenvalue weighted by Gasteiger charge is -2.44. The normalized spacial score (nSPS) is 14.4. The minimum atomic E-state index is -0.0695. The number of para-hydroxylation sites is 2. The molecule has 10 rings (SSSR count). The van der Waals surface area contributed by atoms with Crippen LogP contribution in [0, 0.1) is 0 Å². The van der Waals surface area contributed by atoms with Crippen LogP contribution in [0.1, 0.15) is 95.9 Å². The van der Waals surface area contributed by atoms with E-state index in [4.69, 9.17) is 0 Å². The number of thiophene rings is 1. The third-order valence-corrected chi connectivity index (χ3v) is 14.4. The van der Waals surface area contributed by atoms with Crippen LogP contribution in [0.3, 0.4) is 0 Å². The van der Waals surface area contributed by atoms with Gasteiger partial charge in [0.05, 0.1) is 5.69 Å². The molecule has 300 valence electrons. The first-order chi connectivity index (χ1) is 28.7. The van der Waals surface area contributed by atoms with Crippen molar-refractivity contribution in [3.63, 3.8) is 0 Å². The molecule has 6 aromatic carbocycles. The van der Waals surface area contributed by atoms with Gasteiger partial charge in [0.15, 0.2) is 0 Å². The smallest absolute Gasteiger partial charge is 0.264 e. The second kappa shape index (κ2) is 14.0. The Bertz CT molecular complexity index is 2670. The third kappa shape index (κ3) is 6.40. The molecule has 0 radical (unpaired) electrons. The van der Waals surface area contributed by atoms with Gasteiger partial charge in [-0.25, -0.2) is 0 Å². The molecule has 5 heteroatoms. The van der Waals surface area contributed by atoms with E-state index in [0.717, 1.165) is 29.9 Å². The Balaban J connectivity index is 1.25. The number of aryl methyl sites for hydroxylation is 1. The fraction of sp³-hybridized carbons (Fsp3) is 0.273. The molecule has 0 saturated heterocycles. The topological polar surface area (TPSA) is 9.72 Å². The van der Waals surface area contributed by atoms with E-state index >= 15 is 0 Å². The summed E-state index contributed by atoms with van der Waals surface area (Å²) in [6.07, 6.45) is 3.53. The number of fused-ring (bicyclic) bond motifs is 6. The van der Waals surface area contributed by atoms with Gasteiger partial charge >= 0.3 is 0 Å². The maximum Gasteiger partial charge on any atom is 0.264 e. The van der Waals surface area contributed by atoms with Gasteiger partial charge in [-0.05, 0) is 141 Å². The van der Waals surface area contributed by atoms with Crippen molar-refractivity contribution in [3.05, 3.63) is 167 Å². The van der Waals surface area contributed by atoms with E-state index in [1.165, 1.54) is 72.9 Å². The third-order valence-electron chi connectivity index (χ3n) is 13.0. The maximum atomic E-state index is 2.63. The summed E-state index contributed by atoms with van der Waals surface area (Å²) in [5.41, 5.74) is 19.5. The fourth-order valence-electron chi connectivity index (χ4n) is 9.73. The number of benzene rings is 6. The van der Waals surface area contributed by atoms with E-state index in [-0.39, 0.29) is 23.0 Å². The number of anilines is 9. The van der Waals surface area contributed by atoms with Crippen LogP contribution in [0.2, 0.25) is 0 Å². The highest BCUT2D eigenvalue weighted by Gasteiger charge is 2.47. The van der Waals surface area contributed by atoms with E-state index in [9.17, 15) is 0 Å². The molecular weight excluding hydrogens is 746 g/mol. The lowest BCUT2D eigenvalue weighted by Crippen LogP contribution is -2.60. The van der Waals surface area contributed by atoms with Crippen LogP contribution in [0.4, 0.5) is 51.2 Å². The molecule has 0 saturated carbocycles. The van der Waals surface area contributed by atoms with Crippen LogP contribution >= 0.6 is 11.3 Å². The highest BCUT2D eigenvalue weighted by atomic mass is 32.1. The fourth-order valence-corrected chi connectivity index (χ4v) is 11.2. The van der Waals surface area contributed by atoms with E-state index in [0.29, 0.717) is 0 Å². The summed E-state index contributed by atoms with van der Waals surface area (Å²) in [5.74, 6) is 0. The second-order valence-electron chi connectivity index (χ2n) is 20.2. The molecular formula is C55H56BN3S. The van der Waals surface area contributed by atoms with Crippen molar-refractivity contribution in [3.8, 4) is 0 Å². The Morgan fingerprint density at radius 3 is 1.53 bits per heavy atom. The molecule has 0 amide bonds. The van der Waals surface area contributed by atoms with Crippen molar-refractivity contribution in [2.45, 2.75) is 97.8 Å². The van der Waals surface area contributed by atoms with Crippen LogP contribution < -0.4 is 30.4 Å². The summed E-state index contributed by atoms with van der Waals surface area (Å²) < 4.78 is 1.48. The average molecular weight is 802 g/mol. The summed E-state index contributed by atoms with van der Waals surface area (Å²) in [5, 5.41) is 0. The predicted molar refractivity (Wildman–Crippen MR) is 261 cm³/mol. The molecule has 1 aromatic heterocycles. The minimum Gasteiger partial charge on any atom is -0.311 e. The number of nitrogens with zero attached hydrogens (tertiary/aromatic N) is 3. The van der Waals surface area contributed by atoms with Gasteiger partial charge in [0, 0.05) is 55.2 Å². The van der Waals surface area contributed by atoms with E-state index in [2.05, 4.69) is 228 Å². The van der Waals surface area contributed by atoms with Crippen molar-refractivity contribution >= 4 is 84.9 Å². The predicted octanol–water partition coefficient (Wildman–Crippen LogP) is 13.7. The van der Waals surface area contributed by atoms with Crippen LogP contribution in [0.15, 0.2) is 140 Å². The van der Waals surface area contributed by atoms with Crippen LogP contribution in [-0.4, -0.2) is 6.71 Å². The lowest BCUT2D eigenvalue weighted by molar-refractivity contribution is 0.590. The average Bonchev–Trinajstić information content (AvgIpc) is 3.83. The minimum absolute atomic E-state index is 0.0643. The lowest BCUT2D eigenvalue weighted by atomic mass is 9.36. The monoisotopic (exact) mass is 801 g/mol. The number of hydrogen-bond acceptors (Lipinski definition) is 4. The summed E-state index contributed by atoms with van der Waals surface area (Å²) in [7, 11) is 0. The largest absolute Gasteiger partial charge is 0.311 e. The van der Waals surface area contributed by atoms with Crippen LogP contribution in [0.5, 0.6) is 0 Å².